The lowest BCUT2D eigenvalue weighted by Gasteiger charge is -2.24. The van der Waals surface area contributed by atoms with Gasteiger partial charge in [-0.05, 0) is 31.2 Å². The summed E-state index contributed by atoms with van der Waals surface area (Å²) < 4.78 is 28.9. The summed E-state index contributed by atoms with van der Waals surface area (Å²) in [5, 5.41) is 3.11. The van der Waals surface area contributed by atoms with E-state index in [1.165, 1.54) is 0 Å². The van der Waals surface area contributed by atoms with Gasteiger partial charge in [-0.1, -0.05) is 34.6 Å². The van der Waals surface area contributed by atoms with Gasteiger partial charge in [-0.25, -0.2) is 4.72 Å². The van der Waals surface area contributed by atoms with Crippen LogP contribution in [0.3, 0.4) is 0 Å². The highest BCUT2D eigenvalue weighted by Crippen LogP contribution is 2.09. The molecule has 0 aliphatic rings. The molecule has 130 valence electrons. The predicted octanol–water partition coefficient (Wildman–Crippen LogP) is 2.25. The van der Waals surface area contributed by atoms with Crippen LogP contribution in [0.5, 0.6) is 0 Å². The van der Waals surface area contributed by atoms with Crippen molar-refractivity contribution in [1.29, 1.82) is 0 Å². The maximum atomic E-state index is 12.3. The highest BCUT2D eigenvalue weighted by Gasteiger charge is 2.21. The average molecular weight is 344 g/mol. The van der Waals surface area contributed by atoms with Gasteiger partial charge in [0.1, 0.15) is 0 Å². The molecule has 0 aliphatic heterocycles. The van der Waals surface area contributed by atoms with Gasteiger partial charge in [-0.15, -0.1) is 12.4 Å². The van der Waals surface area contributed by atoms with E-state index < -0.39 is 10.2 Å². The van der Waals surface area contributed by atoms with Gasteiger partial charge in [-0.3, -0.25) is 0 Å². The van der Waals surface area contributed by atoms with Crippen LogP contribution in [0.25, 0.3) is 0 Å². The zero-order valence-corrected chi connectivity index (χ0v) is 15.8. The molecule has 0 amide bonds. The molecule has 7 heteroatoms. The molecule has 0 aromatic rings. The summed E-state index contributed by atoms with van der Waals surface area (Å²) in [5.41, 5.74) is 0. The summed E-state index contributed by atoms with van der Waals surface area (Å²) in [6, 6.07) is 0. The first kappa shape index (κ1) is 23.4. The van der Waals surface area contributed by atoms with E-state index in [0.717, 1.165) is 19.4 Å². The van der Waals surface area contributed by atoms with Gasteiger partial charge in [0.25, 0.3) is 10.2 Å². The fraction of sp³-hybridized carbons (Fsp3) is 1.00. The number of hydrogen-bond donors (Lipinski definition) is 2. The zero-order chi connectivity index (χ0) is 15.6. The Hall–Kier alpha value is 0.120. The molecule has 0 radical (unpaired) electrons. The number of rotatable bonds is 12. The third-order valence-electron chi connectivity index (χ3n) is 3.09. The molecule has 0 rings (SSSR count). The molecule has 0 saturated heterocycles. The molecule has 0 fully saturated rings. The number of halogens is 1. The number of hydrogen-bond acceptors (Lipinski definition) is 3. The Kier molecular flexibility index (Phi) is 14.1. The van der Waals surface area contributed by atoms with Crippen LogP contribution in [0.15, 0.2) is 0 Å². The van der Waals surface area contributed by atoms with Gasteiger partial charge in [0.05, 0.1) is 0 Å². The molecule has 2 N–H and O–H groups in total. The lowest BCUT2D eigenvalue weighted by Crippen LogP contribution is -2.44. The second kappa shape index (κ2) is 12.6. The lowest BCUT2D eigenvalue weighted by molar-refractivity contribution is 0.352. The average Bonchev–Trinajstić information content (AvgIpc) is 2.33. The minimum Gasteiger partial charge on any atom is -0.316 e. The molecule has 0 bridgehead atoms. The summed E-state index contributed by atoms with van der Waals surface area (Å²) in [4.78, 5) is 0. The fourth-order valence-corrected chi connectivity index (χ4v) is 2.93. The van der Waals surface area contributed by atoms with Gasteiger partial charge in [0.2, 0.25) is 0 Å². The summed E-state index contributed by atoms with van der Waals surface area (Å²) >= 11 is 0. The van der Waals surface area contributed by atoms with Crippen LogP contribution < -0.4 is 10.0 Å². The van der Waals surface area contributed by atoms with Crippen molar-refractivity contribution in [2.45, 2.75) is 47.5 Å². The van der Waals surface area contributed by atoms with Crippen molar-refractivity contribution in [3.63, 3.8) is 0 Å². The van der Waals surface area contributed by atoms with Crippen LogP contribution >= 0.6 is 12.4 Å². The van der Waals surface area contributed by atoms with E-state index in [9.17, 15) is 8.42 Å². The molecule has 0 unspecified atom stereocenters. The number of nitrogens with zero attached hydrogens (tertiary/aromatic N) is 1. The second-order valence-corrected chi connectivity index (χ2v) is 7.77. The number of likely N-dealkylation sites (N-methyl/N-ethyl adjacent to an activating group) is 1. The van der Waals surface area contributed by atoms with E-state index in [2.05, 4.69) is 37.7 Å². The molecule has 0 saturated carbocycles. The van der Waals surface area contributed by atoms with Crippen LogP contribution in [0.1, 0.15) is 47.5 Å². The van der Waals surface area contributed by atoms with Crippen molar-refractivity contribution in [2.24, 2.45) is 11.8 Å². The third-order valence-corrected chi connectivity index (χ3v) is 4.70. The minimum atomic E-state index is -3.35. The Morgan fingerprint density at radius 2 is 1.43 bits per heavy atom. The molecule has 0 aliphatic carbocycles. The van der Waals surface area contributed by atoms with E-state index in [1.54, 1.807) is 4.31 Å². The normalized spacial score (nSPS) is 12.2. The van der Waals surface area contributed by atoms with Crippen molar-refractivity contribution in [1.82, 2.24) is 14.3 Å². The summed E-state index contributed by atoms with van der Waals surface area (Å²) in [6.07, 6.45) is 1.79. The number of nitrogens with one attached hydrogen (secondary N) is 2. The Balaban J connectivity index is 0. The van der Waals surface area contributed by atoms with Crippen LogP contribution in [-0.2, 0) is 10.2 Å². The maximum absolute atomic E-state index is 12.3. The molecule has 5 nitrogen and oxygen atoms in total. The van der Waals surface area contributed by atoms with Crippen molar-refractivity contribution in [2.75, 3.05) is 32.7 Å². The van der Waals surface area contributed by atoms with Gasteiger partial charge in [0, 0.05) is 26.2 Å². The van der Waals surface area contributed by atoms with E-state index >= 15 is 0 Å². The SMILES string of the molecule is CCNCCNS(=O)(=O)N(CCC(C)C)CCC(C)C.Cl. The van der Waals surface area contributed by atoms with E-state index in [4.69, 9.17) is 0 Å². The summed E-state index contributed by atoms with van der Waals surface area (Å²) in [6.45, 7) is 13.6. The fourth-order valence-electron chi connectivity index (χ4n) is 1.69. The Labute approximate surface area is 137 Å². The van der Waals surface area contributed by atoms with E-state index in [0.29, 0.717) is 38.0 Å². The molecule has 0 aromatic heterocycles. The third kappa shape index (κ3) is 12.4. The highest BCUT2D eigenvalue weighted by atomic mass is 35.5. The first-order valence-corrected chi connectivity index (χ1v) is 9.19. The van der Waals surface area contributed by atoms with Gasteiger partial charge in [0.15, 0.2) is 0 Å². The van der Waals surface area contributed by atoms with Crippen LogP contribution in [-0.4, -0.2) is 45.4 Å². The van der Waals surface area contributed by atoms with Crippen molar-refractivity contribution in [3.8, 4) is 0 Å². The van der Waals surface area contributed by atoms with Gasteiger partial charge < -0.3 is 5.32 Å². The smallest absolute Gasteiger partial charge is 0.279 e. The van der Waals surface area contributed by atoms with E-state index in [-0.39, 0.29) is 12.4 Å². The molecule has 0 atom stereocenters. The van der Waals surface area contributed by atoms with Crippen molar-refractivity contribution >= 4 is 22.6 Å². The molecule has 0 aromatic carbocycles. The van der Waals surface area contributed by atoms with E-state index in [1.807, 2.05) is 6.92 Å². The zero-order valence-electron chi connectivity index (χ0n) is 14.2. The summed E-state index contributed by atoms with van der Waals surface area (Å²) in [5.74, 6) is 1.02. The Morgan fingerprint density at radius 3 is 1.81 bits per heavy atom. The quantitative estimate of drug-likeness (QED) is 0.534. The first-order valence-electron chi connectivity index (χ1n) is 7.75. The molecule has 0 spiro atoms. The topological polar surface area (TPSA) is 61.4 Å². The van der Waals surface area contributed by atoms with Crippen LogP contribution in [0, 0.1) is 11.8 Å². The molecular formula is C14H34ClN3O2S. The lowest BCUT2D eigenvalue weighted by atomic mass is 10.1. The second-order valence-electron chi connectivity index (χ2n) is 6.02. The Morgan fingerprint density at radius 1 is 0.952 bits per heavy atom. The molecule has 21 heavy (non-hydrogen) atoms. The first-order chi connectivity index (χ1) is 9.29. The highest BCUT2D eigenvalue weighted by molar-refractivity contribution is 7.87. The summed E-state index contributed by atoms with van der Waals surface area (Å²) in [7, 11) is -3.35. The maximum Gasteiger partial charge on any atom is 0.279 e. The van der Waals surface area contributed by atoms with Gasteiger partial charge >= 0.3 is 0 Å². The Bertz CT molecular complexity index is 323. The van der Waals surface area contributed by atoms with Crippen LogP contribution in [0.4, 0.5) is 0 Å². The standard InChI is InChI=1S/C14H33N3O2S.ClH/c1-6-15-9-10-16-20(18,19)17(11-7-13(2)3)12-8-14(4)5;/h13-16H,6-12H2,1-5H3;1H. The van der Waals surface area contributed by atoms with Crippen molar-refractivity contribution in [3.05, 3.63) is 0 Å². The monoisotopic (exact) mass is 343 g/mol. The molecular weight excluding hydrogens is 310 g/mol. The largest absolute Gasteiger partial charge is 0.316 e. The molecule has 0 heterocycles. The van der Waals surface area contributed by atoms with Crippen molar-refractivity contribution < 1.29 is 8.42 Å². The minimum absolute atomic E-state index is 0. The van der Waals surface area contributed by atoms with Crippen LogP contribution in [0.2, 0.25) is 0 Å². The predicted molar refractivity (Wildman–Crippen MR) is 93.2 cm³/mol. The van der Waals surface area contributed by atoms with Gasteiger partial charge in [-0.2, -0.15) is 12.7 Å².